The number of benzene rings is 1. The topological polar surface area (TPSA) is 62.7 Å². The van der Waals surface area contributed by atoms with Crippen LogP contribution < -0.4 is 0 Å². The number of amides is 2. The molecular weight excluding hydrogens is 342 g/mol. The van der Waals surface area contributed by atoms with Gasteiger partial charge in [0, 0.05) is 37.6 Å². The van der Waals surface area contributed by atoms with E-state index in [1.54, 1.807) is 24.5 Å². The number of piperidine rings is 1. The average Bonchev–Trinajstić information content (AvgIpc) is 2.71. The zero-order valence-electron chi connectivity index (χ0n) is 15.4. The van der Waals surface area contributed by atoms with Gasteiger partial charge in [-0.1, -0.05) is 30.3 Å². The minimum absolute atomic E-state index is 0.0282. The second kappa shape index (κ2) is 7.12. The molecule has 6 nitrogen and oxygen atoms in total. The van der Waals surface area contributed by atoms with Crippen molar-refractivity contribution in [3.8, 4) is 0 Å². The van der Waals surface area contributed by atoms with Crippen LogP contribution in [0.3, 0.4) is 0 Å². The predicted molar refractivity (Wildman–Crippen MR) is 99.9 cm³/mol. The van der Waals surface area contributed by atoms with E-state index in [0.29, 0.717) is 31.6 Å². The predicted octanol–water partition coefficient (Wildman–Crippen LogP) is 2.11. The molecule has 0 saturated carbocycles. The maximum Gasteiger partial charge on any atom is 0.254 e. The highest BCUT2D eigenvalue weighted by molar-refractivity contribution is 5.94. The van der Waals surface area contributed by atoms with Crippen molar-refractivity contribution in [1.82, 2.24) is 14.8 Å². The lowest BCUT2D eigenvalue weighted by molar-refractivity contribution is -0.186. The standard InChI is InChI=1S/C21H23N3O3/c1-21-9-12-23(20(26)17-7-10-22-11-8-17)14-18(21)24(19(25)15-27-21)13-16-5-3-2-4-6-16/h2-8,10-11,18H,9,12-15H2,1H3/t18-,21-/m1/s1. The summed E-state index contributed by atoms with van der Waals surface area (Å²) in [4.78, 5) is 33.2. The molecule has 1 aromatic heterocycles. The Morgan fingerprint density at radius 2 is 1.96 bits per heavy atom. The number of morpholine rings is 1. The molecule has 0 spiro atoms. The molecular formula is C21H23N3O3. The molecule has 0 bridgehead atoms. The minimum Gasteiger partial charge on any atom is -0.363 e. The number of fused-ring (bicyclic) bond motifs is 1. The second-order valence-corrected chi connectivity index (χ2v) is 7.36. The van der Waals surface area contributed by atoms with E-state index < -0.39 is 5.60 Å². The van der Waals surface area contributed by atoms with Gasteiger partial charge in [0.1, 0.15) is 6.61 Å². The fourth-order valence-electron chi connectivity index (χ4n) is 3.94. The molecule has 2 amide bonds. The summed E-state index contributed by atoms with van der Waals surface area (Å²) in [5.41, 5.74) is 1.26. The van der Waals surface area contributed by atoms with Gasteiger partial charge in [0.15, 0.2) is 0 Å². The summed E-state index contributed by atoms with van der Waals surface area (Å²) in [7, 11) is 0. The van der Waals surface area contributed by atoms with Crippen molar-refractivity contribution in [3.63, 3.8) is 0 Å². The van der Waals surface area contributed by atoms with E-state index in [1.807, 2.05) is 40.1 Å². The van der Waals surface area contributed by atoms with E-state index in [-0.39, 0.29) is 24.5 Å². The highest BCUT2D eigenvalue weighted by Crippen LogP contribution is 2.34. The van der Waals surface area contributed by atoms with Gasteiger partial charge in [-0.3, -0.25) is 14.6 Å². The lowest BCUT2D eigenvalue weighted by Crippen LogP contribution is -2.67. The maximum absolute atomic E-state index is 12.9. The number of hydrogen-bond acceptors (Lipinski definition) is 4. The van der Waals surface area contributed by atoms with E-state index in [9.17, 15) is 9.59 Å². The van der Waals surface area contributed by atoms with Crippen molar-refractivity contribution in [2.45, 2.75) is 31.5 Å². The molecule has 4 rings (SSSR count). The Bertz CT molecular complexity index is 827. The Morgan fingerprint density at radius 3 is 2.70 bits per heavy atom. The molecule has 1 aromatic carbocycles. The van der Waals surface area contributed by atoms with Gasteiger partial charge in [-0.05, 0) is 31.0 Å². The van der Waals surface area contributed by atoms with Crippen LogP contribution in [0.5, 0.6) is 0 Å². The van der Waals surface area contributed by atoms with Gasteiger partial charge >= 0.3 is 0 Å². The third-order valence-corrected chi connectivity index (χ3v) is 5.61. The number of aromatic nitrogens is 1. The molecule has 2 aromatic rings. The molecule has 27 heavy (non-hydrogen) atoms. The first kappa shape index (κ1) is 17.7. The number of rotatable bonds is 3. The van der Waals surface area contributed by atoms with Gasteiger partial charge in [-0.25, -0.2) is 0 Å². The van der Waals surface area contributed by atoms with Crippen LogP contribution in [0.4, 0.5) is 0 Å². The largest absolute Gasteiger partial charge is 0.363 e. The first-order chi connectivity index (χ1) is 13.1. The smallest absolute Gasteiger partial charge is 0.254 e. The molecule has 2 saturated heterocycles. The first-order valence-electron chi connectivity index (χ1n) is 9.23. The van der Waals surface area contributed by atoms with Crippen LogP contribution in [0.25, 0.3) is 0 Å². The number of carbonyl (C=O) groups is 2. The number of hydrogen-bond donors (Lipinski definition) is 0. The summed E-state index contributed by atoms with van der Waals surface area (Å²) in [5, 5.41) is 0. The van der Waals surface area contributed by atoms with Gasteiger partial charge < -0.3 is 14.5 Å². The molecule has 2 aliphatic heterocycles. The lowest BCUT2D eigenvalue weighted by Gasteiger charge is -2.52. The summed E-state index contributed by atoms with van der Waals surface area (Å²) in [6.45, 7) is 3.76. The third-order valence-electron chi connectivity index (χ3n) is 5.61. The fourth-order valence-corrected chi connectivity index (χ4v) is 3.94. The van der Waals surface area contributed by atoms with Gasteiger partial charge in [0.2, 0.25) is 5.91 Å². The average molecular weight is 365 g/mol. The second-order valence-electron chi connectivity index (χ2n) is 7.36. The molecule has 2 aliphatic rings. The van der Waals surface area contributed by atoms with E-state index in [1.165, 1.54) is 0 Å². The van der Waals surface area contributed by atoms with Gasteiger partial charge in [0.05, 0.1) is 11.6 Å². The molecule has 0 radical (unpaired) electrons. The number of pyridine rings is 1. The van der Waals surface area contributed by atoms with Crippen molar-refractivity contribution in [2.24, 2.45) is 0 Å². The van der Waals surface area contributed by atoms with Gasteiger partial charge in [-0.2, -0.15) is 0 Å². The van der Waals surface area contributed by atoms with Crippen LogP contribution in [0.2, 0.25) is 0 Å². The van der Waals surface area contributed by atoms with Gasteiger partial charge in [0.25, 0.3) is 5.91 Å². The van der Waals surface area contributed by atoms with E-state index >= 15 is 0 Å². The third kappa shape index (κ3) is 3.45. The summed E-state index contributed by atoms with van der Waals surface area (Å²) in [6.07, 6.45) is 3.94. The lowest BCUT2D eigenvalue weighted by atomic mass is 9.85. The Hall–Kier alpha value is -2.73. The summed E-state index contributed by atoms with van der Waals surface area (Å²) in [6, 6.07) is 13.2. The molecule has 2 fully saturated rings. The monoisotopic (exact) mass is 365 g/mol. The van der Waals surface area contributed by atoms with Crippen LogP contribution in [0, 0.1) is 0 Å². The Morgan fingerprint density at radius 1 is 1.22 bits per heavy atom. The molecule has 3 heterocycles. The molecule has 0 unspecified atom stereocenters. The number of ether oxygens (including phenoxy) is 1. The molecule has 0 aliphatic carbocycles. The molecule has 2 atom stereocenters. The summed E-state index contributed by atoms with van der Waals surface area (Å²) in [5.74, 6) is -0.0586. The first-order valence-corrected chi connectivity index (χ1v) is 9.23. The van der Waals surface area contributed by atoms with Crippen molar-refractivity contribution < 1.29 is 14.3 Å². The van der Waals surface area contributed by atoms with Crippen LogP contribution in [0.1, 0.15) is 29.3 Å². The van der Waals surface area contributed by atoms with Crippen molar-refractivity contribution in [1.29, 1.82) is 0 Å². The minimum atomic E-state index is -0.433. The zero-order chi connectivity index (χ0) is 18.9. The van der Waals surface area contributed by atoms with Crippen LogP contribution >= 0.6 is 0 Å². The molecule has 140 valence electrons. The van der Waals surface area contributed by atoms with E-state index in [4.69, 9.17) is 4.74 Å². The Kier molecular flexibility index (Phi) is 4.66. The summed E-state index contributed by atoms with van der Waals surface area (Å²) >= 11 is 0. The normalized spacial score (nSPS) is 25.2. The number of carbonyl (C=O) groups excluding carboxylic acids is 2. The summed E-state index contributed by atoms with van der Waals surface area (Å²) < 4.78 is 5.94. The Labute approximate surface area is 158 Å². The van der Waals surface area contributed by atoms with Crippen LogP contribution in [-0.2, 0) is 16.1 Å². The highest BCUT2D eigenvalue weighted by Gasteiger charge is 2.49. The maximum atomic E-state index is 12.9. The van der Waals surface area contributed by atoms with Crippen molar-refractivity contribution >= 4 is 11.8 Å². The van der Waals surface area contributed by atoms with E-state index in [2.05, 4.69) is 11.9 Å². The van der Waals surface area contributed by atoms with Crippen molar-refractivity contribution in [2.75, 3.05) is 19.7 Å². The van der Waals surface area contributed by atoms with E-state index in [0.717, 1.165) is 5.56 Å². The van der Waals surface area contributed by atoms with Gasteiger partial charge in [-0.15, -0.1) is 0 Å². The van der Waals surface area contributed by atoms with Crippen LogP contribution in [0.15, 0.2) is 54.9 Å². The SMILES string of the molecule is C[C@@]12CCN(C(=O)c3ccncc3)C[C@H]1N(Cc1ccccc1)C(=O)CO2. The molecule has 6 heteroatoms. The van der Waals surface area contributed by atoms with Crippen LogP contribution in [-0.4, -0.2) is 57.9 Å². The highest BCUT2D eigenvalue weighted by atomic mass is 16.5. The fraction of sp³-hybridized carbons (Fsp3) is 0.381. The number of nitrogens with zero attached hydrogens (tertiary/aromatic N) is 3. The van der Waals surface area contributed by atoms with Crippen molar-refractivity contribution in [3.05, 3.63) is 66.0 Å². The zero-order valence-corrected chi connectivity index (χ0v) is 15.4. The molecule has 0 N–H and O–H groups in total. The quantitative estimate of drug-likeness (QED) is 0.836. The Balaban J connectivity index is 1.58. The number of likely N-dealkylation sites (tertiary alicyclic amines) is 1.